The van der Waals surface area contributed by atoms with Crippen LogP contribution in [0.5, 0.6) is 0 Å². The molecular weight excluding hydrogens is 232 g/mol. The first kappa shape index (κ1) is 15.0. The Bertz CT molecular complexity index is 478. The Morgan fingerprint density at radius 1 is 1.26 bits per heavy atom. The van der Waals surface area contributed by atoms with Crippen LogP contribution in [-0.4, -0.2) is 7.05 Å². The number of para-hydroxylation sites is 1. The number of hydrogen-bond acceptors (Lipinski definition) is 2. The largest absolute Gasteiger partial charge is 0.336 e. The Morgan fingerprint density at radius 2 is 1.89 bits per heavy atom. The van der Waals surface area contributed by atoms with E-state index in [2.05, 4.69) is 26.0 Å². The summed E-state index contributed by atoms with van der Waals surface area (Å²) in [6, 6.07) is 12.2. The highest BCUT2D eigenvalue weighted by Crippen LogP contribution is 2.21. The van der Waals surface area contributed by atoms with Crippen molar-refractivity contribution in [1.29, 1.82) is 5.26 Å². The van der Waals surface area contributed by atoms with Crippen molar-refractivity contribution in [2.24, 2.45) is 11.8 Å². The molecule has 0 bridgehead atoms. The summed E-state index contributed by atoms with van der Waals surface area (Å²) in [5, 5.41) is 9.37. The molecule has 100 valence electrons. The molecule has 1 unspecified atom stereocenters. The van der Waals surface area contributed by atoms with Gasteiger partial charge in [0.15, 0.2) is 0 Å². The number of nitriles is 1. The molecule has 0 N–H and O–H groups in total. The maximum Gasteiger partial charge on any atom is 0.117 e. The summed E-state index contributed by atoms with van der Waals surface area (Å²) in [4.78, 5) is 1.93. The monoisotopic (exact) mass is 254 g/mol. The van der Waals surface area contributed by atoms with E-state index in [0.29, 0.717) is 11.6 Å². The Kier molecular flexibility index (Phi) is 5.89. The van der Waals surface area contributed by atoms with E-state index >= 15 is 0 Å². The molecule has 1 aromatic carbocycles. The summed E-state index contributed by atoms with van der Waals surface area (Å²) in [6.07, 6.45) is 6.22. The topological polar surface area (TPSA) is 27.0 Å². The van der Waals surface area contributed by atoms with Crippen LogP contribution in [0, 0.1) is 23.2 Å². The highest BCUT2D eigenvalue weighted by molar-refractivity contribution is 5.54. The van der Waals surface area contributed by atoms with Crippen LogP contribution >= 0.6 is 0 Å². The van der Waals surface area contributed by atoms with Gasteiger partial charge in [-0.1, -0.05) is 44.2 Å². The molecule has 0 saturated carbocycles. The molecule has 0 heterocycles. The van der Waals surface area contributed by atoms with Gasteiger partial charge in [0, 0.05) is 18.7 Å². The van der Waals surface area contributed by atoms with E-state index in [4.69, 9.17) is 0 Å². The minimum atomic E-state index is 0.283. The van der Waals surface area contributed by atoms with E-state index in [1.807, 2.05) is 61.4 Å². The van der Waals surface area contributed by atoms with E-state index in [1.54, 1.807) is 0 Å². The summed E-state index contributed by atoms with van der Waals surface area (Å²) < 4.78 is 0. The number of anilines is 1. The molecule has 0 fully saturated rings. The second-order valence-electron chi connectivity index (χ2n) is 4.91. The molecule has 19 heavy (non-hydrogen) atoms. The lowest BCUT2D eigenvalue weighted by molar-refractivity contribution is 0.547. The molecule has 1 rings (SSSR count). The lowest BCUT2D eigenvalue weighted by atomic mass is 9.94. The zero-order valence-corrected chi connectivity index (χ0v) is 12.2. The van der Waals surface area contributed by atoms with Crippen molar-refractivity contribution in [3.63, 3.8) is 0 Å². The smallest absolute Gasteiger partial charge is 0.117 e. The third kappa shape index (κ3) is 4.30. The molecule has 0 aliphatic heterocycles. The standard InChI is InChI=1S/C17H22N2/c1-5-9-15(14(2)3)12-17(13-18)19(4)16-10-7-6-8-11-16/h5-12,14-15H,1-4H3/b9-5+,17-12-. The molecule has 1 atom stereocenters. The number of benzene rings is 1. The summed E-state index contributed by atoms with van der Waals surface area (Å²) in [6.45, 7) is 6.34. The first-order valence-corrected chi connectivity index (χ1v) is 6.63. The highest BCUT2D eigenvalue weighted by Gasteiger charge is 2.12. The predicted octanol–water partition coefficient (Wildman–Crippen LogP) is 4.38. The van der Waals surface area contributed by atoms with Crippen LogP contribution < -0.4 is 4.90 Å². The molecule has 1 aromatic rings. The van der Waals surface area contributed by atoms with Gasteiger partial charge in [-0.15, -0.1) is 0 Å². The van der Waals surface area contributed by atoms with E-state index in [9.17, 15) is 5.26 Å². The summed E-state index contributed by atoms with van der Waals surface area (Å²) >= 11 is 0. The molecule has 2 heteroatoms. The fourth-order valence-corrected chi connectivity index (χ4v) is 1.89. The Balaban J connectivity index is 3.03. The molecular formula is C17H22N2. The van der Waals surface area contributed by atoms with Gasteiger partial charge in [-0.3, -0.25) is 0 Å². The zero-order chi connectivity index (χ0) is 14.3. The van der Waals surface area contributed by atoms with Crippen LogP contribution in [-0.2, 0) is 0 Å². The minimum Gasteiger partial charge on any atom is -0.336 e. The first-order chi connectivity index (χ1) is 9.10. The Morgan fingerprint density at radius 3 is 2.37 bits per heavy atom. The number of rotatable bonds is 5. The normalized spacial score (nSPS) is 13.6. The molecule has 2 nitrogen and oxygen atoms in total. The predicted molar refractivity (Wildman–Crippen MR) is 81.7 cm³/mol. The molecule has 0 aliphatic carbocycles. The molecule has 0 saturated heterocycles. The van der Waals surface area contributed by atoms with Crippen molar-refractivity contribution in [3.05, 3.63) is 54.3 Å². The van der Waals surface area contributed by atoms with E-state index in [0.717, 1.165) is 5.69 Å². The number of nitrogens with zero attached hydrogens (tertiary/aromatic N) is 2. The molecule has 0 radical (unpaired) electrons. The quantitative estimate of drug-likeness (QED) is 0.576. The third-order valence-electron chi connectivity index (χ3n) is 3.15. The summed E-state index contributed by atoms with van der Waals surface area (Å²) in [5.74, 6) is 0.759. The molecule has 0 spiro atoms. The third-order valence-corrected chi connectivity index (χ3v) is 3.15. The summed E-state index contributed by atoms with van der Waals surface area (Å²) in [7, 11) is 1.93. The SMILES string of the molecule is C/C=C/C(/C=C(/C#N)N(C)c1ccccc1)C(C)C. The average molecular weight is 254 g/mol. The minimum absolute atomic E-state index is 0.283. The van der Waals surface area contributed by atoms with Crippen molar-refractivity contribution in [2.45, 2.75) is 20.8 Å². The van der Waals surface area contributed by atoms with Gasteiger partial charge < -0.3 is 4.90 Å². The van der Waals surface area contributed by atoms with Crippen LogP contribution in [0.25, 0.3) is 0 Å². The lowest BCUT2D eigenvalue weighted by Gasteiger charge is -2.20. The Hall–Kier alpha value is -2.01. The van der Waals surface area contributed by atoms with Gasteiger partial charge in [-0.25, -0.2) is 0 Å². The van der Waals surface area contributed by atoms with Crippen LogP contribution in [0.2, 0.25) is 0 Å². The first-order valence-electron chi connectivity index (χ1n) is 6.63. The van der Waals surface area contributed by atoms with Gasteiger partial charge in [-0.2, -0.15) is 5.26 Å². The van der Waals surface area contributed by atoms with Gasteiger partial charge in [0.2, 0.25) is 0 Å². The van der Waals surface area contributed by atoms with Gasteiger partial charge in [0.05, 0.1) is 0 Å². The highest BCUT2D eigenvalue weighted by atomic mass is 15.1. The van der Waals surface area contributed by atoms with Gasteiger partial charge >= 0.3 is 0 Å². The maximum absolute atomic E-state index is 9.37. The van der Waals surface area contributed by atoms with E-state index in [-0.39, 0.29) is 5.92 Å². The van der Waals surface area contributed by atoms with Crippen LogP contribution in [0.3, 0.4) is 0 Å². The molecule has 0 amide bonds. The van der Waals surface area contributed by atoms with Crippen molar-refractivity contribution < 1.29 is 0 Å². The second kappa shape index (κ2) is 7.43. The van der Waals surface area contributed by atoms with Crippen LogP contribution in [0.4, 0.5) is 5.69 Å². The van der Waals surface area contributed by atoms with Crippen molar-refractivity contribution in [3.8, 4) is 6.07 Å². The van der Waals surface area contributed by atoms with Gasteiger partial charge in [0.25, 0.3) is 0 Å². The van der Waals surface area contributed by atoms with E-state index in [1.165, 1.54) is 0 Å². The lowest BCUT2D eigenvalue weighted by Crippen LogP contribution is -2.17. The van der Waals surface area contributed by atoms with E-state index < -0.39 is 0 Å². The van der Waals surface area contributed by atoms with Crippen molar-refractivity contribution in [2.75, 3.05) is 11.9 Å². The van der Waals surface area contributed by atoms with Crippen LogP contribution in [0.15, 0.2) is 54.3 Å². The Labute approximate surface area is 116 Å². The van der Waals surface area contributed by atoms with Gasteiger partial charge in [0.1, 0.15) is 11.8 Å². The van der Waals surface area contributed by atoms with Crippen molar-refractivity contribution >= 4 is 5.69 Å². The van der Waals surface area contributed by atoms with Crippen molar-refractivity contribution in [1.82, 2.24) is 0 Å². The maximum atomic E-state index is 9.37. The number of allylic oxidation sites excluding steroid dienone is 4. The number of hydrogen-bond donors (Lipinski definition) is 0. The van der Waals surface area contributed by atoms with Gasteiger partial charge in [-0.05, 0) is 31.1 Å². The van der Waals surface area contributed by atoms with Crippen LogP contribution in [0.1, 0.15) is 20.8 Å². The fourth-order valence-electron chi connectivity index (χ4n) is 1.89. The summed E-state index contributed by atoms with van der Waals surface area (Å²) in [5.41, 5.74) is 1.71. The molecule has 0 aliphatic rings. The second-order valence-corrected chi connectivity index (χ2v) is 4.91. The molecule has 0 aromatic heterocycles. The zero-order valence-electron chi connectivity index (χ0n) is 12.2. The average Bonchev–Trinajstić information content (AvgIpc) is 2.43. The fraction of sp³-hybridized carbons (Fsp3) is 0.353.